The molecule has 1 saturated heterocycles. The Kier molecular flexibility index (Phi) is 3.64. The van der Waals surface area contributed by atoms with Gasteiger partial charge < -0.3 is 9.84 Å². The van der Waals surface area contributed by atoms with Crippen LogP contribution < -0.4 is 0 Å². The number of aliphatic hydroxyl groups excluding tert-OH is 1. The van der Waals surface area contributed by atoms with Gasteiger partial charge in [0.15, 0.2) is 0 Å². The maximum atomic E-state index is 12.6. The minimum atomic E-state index is -4.32. The number of hydrogen-bond acceptors (Lipinski definition) is 2. The number of ether oxygens (including phenoxy) is 1. The number of halogens is 3. The number of hydrogen-bond donors (Lipinski definition) is 1. The molecule has 1 aromatic carbocycles. The summed E-state index contributed by atoms with van der Waals surface area (Å²) >= 11 is 0. The summed E-state index contributed by atoms with van der Waals surface area (Å²) in [7, 11) is 0. The Balaban J connectivity index is 2.19. The van der Waals surface area contributed by atoms with Crippen molar-refractivity contribution < 1.29 is 23.0 Å². The van der Waals surface area contributed by atoms with E-state index in [1.807, 2.05) is 0 Å². The summed E-state index contributed by atoms with van der Waals surface area (Å²) in [6.07, 6.45) is -3.23. The molecule has 1 unspecified atom stereocenters. The lowest BCUT2D eigenvalue weighted by molar-refractivity contribution is -0.137. The summed E-state index contributed by atoms with van der Waals surface area (Å²) in [4.78, 5) is 0. The third kappa shape index (κ3) is 2.84. The number of benzene rings is 1. The SMILES string of the molecule is OCC1(Cc2cccc(C(F)(F)F)c2)CCOC1. The molecule has 0 spiro atoms. The second-order valence-corrected chi connectivity index (χ2v) is 4.84. The fourth-order valence-electron chi connectivity index (χ4n) is 2.26. The van der Waals surface area contributed by atoms with Gasteiger partial charge in [0, 0.05) is 12.0 Å². The Morgan fingerprint density at radius 2 is 2.11 bits per heavy atom. The maximum absolute atomic E-state index is 12.6. The van der Waals surface area contributed by atoms with E-state index in [9.17, 15) is 18.3 Å². The molecule has 1 fully saturated rings. The van der Waals surface area contributed by atoms with Crippen LogP contribution in [-0.4, -0.2) is 24.9 Å². The molecule has 0 aliphatic carbocycles. The topological polar surface area (TPSA) is 29.5 Å². The molecule has 5 heteroatoms. The first-order chi connectivity index (χ1) is 8.45. The lowest BCUT2D eigenvalue weighted by Gasteiger charge is -2.25. The predicted molar refractivity (Wildman–Crippen MR) is 60.1 cm³/mol. The Hall–Kier alpha value is -1.07. The summed E-state index contributed by atoms with van der Waals surface area (Å²) in [5.74, 6) is 0. The van der Waals surface area contributed by atoms with Crippen molar-refractivity contribution >= 4 is 0 Å². The zero-order chi connectivity index (χ0) is 13.2. The lowest BCUT2D eigenvalue weighted by Crippen LogP contribution is -2.28. The average Bonchev–Trinajstić information content (AvgIpc) is 2.77. The molecule has 1 aliphatic heterocycles. The zero-order valence-electron chi connectivity index (χ0n) is 9.83. The second-order valence-electron chi connectivity index (χ2n) is 4.84. The Labute approximate surface area is 103 Å². The highest BCUT2D eigenvalue weighted by Gasteiger charge is 2.35. The van der Waals surface area contributed by atoms with Gasteiger partial charge in [-0.3, -0.25) is 0 Å². The van der Waals surface area contributed by atoms with E-state index in [1.165, 1.54) is 6.07 Å². The first kappa shape index (κ1) is 13.4. The lowest BCUT2D eigenvalue weighted by atomic mass is 9.81. The molecule has 1 atom stereocenters. The van der Waals surface area contributed by atoms with E-state index < -0.39 is 17.2 Å². The molecule has 1 N–H and O–H groups in total. The molecule has 0 aromatic heterocycles. The number of rotatable bonds is 3. The predicted octanol–water partition coefficient (Wildman–Crippen LogP) is 2.65. The quantitative estimate of drug-likeness (QED) is 0.905. The van der Waals surface area contributed by atoms with E-state index in [1.54, 1.807) is 6.07 Å². The third-order valence-corrected chi connectivity index (χ3v) is 3.35. The van der Waals surface area contributed by atoms with Gasteiger partial charge in [0.25, 0.3) is 0 Å². The smallest absolute Gasteiger partial charge is 0.396 e. The van der Waals surface area contributed by atoms with Gasteiger partial charge in [-0.25, -0.2) is 0 Å². The van der Waals surface area contributed by atoms with Crippen molar-refractivity contribution in [2.45, 2.75) is 19.0 Å². The molecule has 100 valence electrons. The molecule has 2 rings (SSSR count). The summed E-state index contributed by atoms with van der Waals surface area (Å²) in [6.45, 7) is 0.891. The summed E-state index contributed by atoms with van der Waals surface area (Å²) in [5.41, 5.74) is -0.485. The van der Waals surface area contributed by atoms with Crippen molar-refractivity contribution in [3.63, 3.8) is 0 Å². The first-order valence-electron chi connectivity index (χ1n) is 5.80. The van der Waals surface area contributed by atoms with E-state index in [2.05, 4.69) is 0 Å². The molecule has 0 saturated carbocycles. The van der Waals surface area contributed by atoms with Crippen LogP contribution in [0.15, 0.2) is 24.3 Å². The van der Waals surface area contributed by atoms with Crippen LogP contribution in [0.2, 0.25) is 0 Å². The molecule has 0 radical (unpaired) electrons. The van der Waals surface area contributed by atoms with Gasteiger partial charge in [-0.1, -0.05) is 18.2 Å². The molecule has 0 bridgehead atoms. The highest BCUT2D eigenvalue weighted by Crippen LogP contribution is 2.34. The molecular formula is C13H15F3O2. The van der Waals surface area contributed by atoms with Gasteiger partial charge in [-0.05, 0) is 24.5 Å². The van der Waals surface area contributed by atoms with Crippen molar-refractivity contribution in [3.8, 4) is 0 Å². The van der Waals surface area contributed by atoms with Crippen LogP contribution in [-0.2, 0) is 17.3 Å². The van der Waals surface area contributed by atoms with Crippen molar-refractivity contribution in [2.75, 3.05) is 19.8 Å². The van der Waals surface area contributed by atoms with Gasteiger partial charge in [-0.15, -0.1) is 0 Å². The maximum Gasteiger partial charge on any atom is 0.416 e. The van der Waals surface area contributed by atoms with Crippen LogP contribution in [0.4, 0.5) is 13.2 Å². The van der Waals surface area contributed by atoms with Gasteiger partial charge >= 0.3 is 6.18 Å². The number of alkyl halides is 3. The first-order valence-corrected chi connectivity index (χ1v) is 5.80. The van der Waals surface area contributed by atoms with Gasteiger partial charge in [-0.2, -0.15) is 13.2 Å². The average molecular weight is 260 g/mol. The fraction of sp³-hybridized carbons (Fsp3) is 0.538. The van der Waals surface area contributed by atoms with E-state index >= 15 is 0 Å². The molecule has 1 heterocycles. The second kappa shape index (κ2) is 4.90. The van der Waals surface area contributed by atoms with E-state index in [4.69, 9.17) is 4.74 Å². The molecular weight excluding hydrogens is 245 g/mol. The van der Waals surface area contributed by atoms with Crippen molar-refractivity contribution in [1.82, 2.24) is 0 Å². The van der Waals surface area contributed by atoms with Crippen LogP contribution in [0.1, 0.15) is 17.5 Å². The number of aliphatic hydroxyl groups is 1. The van der Waals surface area contributed by atoms with Crippen LogP contribution in [0.25, 0.3) is 0 Å². The van der Waals surface area contributed by atoms with Crippen LogP contribution in [0.5, 0.6) is 0 Å². The van der Waals surface area contributed by atoms with Gasteiger partial charge in [0.2, 0.25) is 0 Å². The van der Waals surface area contributed by atoms with Crippen molar-refractivity contribution in [3.05, 3.63) is 35.4 Å². The highest BCUT2D eigenvalue weighted by molar-refractivity contribution is 5.26. The summed E-state index contributed by atoms with van der Waals surface area (Å²) in [5, 5.41) is 9.40. The molecule has 1 aliphatic rings. The Bertz CT molecular complexity index is 409. The van der Waals surface area contributed by atoms with Crippen molar-refractivity contribution in [2.24, 2.45) is 5.41 Å². The third-order valence-electron chi connectivity index (χ3n) is 3.35. The highest BCUT2D eigenvalue weighted by atomic mass is 19.4. The molecule has 2 nitrogen and oxygen atoms in total. The van der Waals surface area contributed by atoms with E-state index in [0.717, 1.165) is 12.1 Å². The minimum absolute atomic E-state index is 0.0662. The van der Waals surface area contributed by atoms with Crippen molar-refractivity contribution in [1.29, 1.82) is 0 Å². The standard InChI is InChI=1S/C13H15F3O2/c14-13(15,16)11-3-1-2-10(6-11)7-12(8-17)4-5-18-9-12/h1-3,6,17H,4-5,7-9H2. The van der Waals surface area contributed by atoms with Crippen LogP contribution in [0, 0.1) is 5.41 Å². The van der Waals surface area contributed by atoms with Crippen LogP contribution >= 0.6 is 0 Å². The molecule has 1 aromatic rings. The van der Waals surface area contributed by atoms with Gasteiger partial charge in [0.05, 0.1) is 18.8 Å². The Morgan fingerprint density at radius 1 is 1.33 bits per heavy atom. The van der Waals surface area contributed by atoms with Crippen LogP contribution in [0.3, 0.4) is 0 Å². The largest absolute Gasteiger partial charge is 0.416 e. The summed E-state index contributed by atoms with van der Waals surface area (Å²) in [6, 6.07) is 5.26. The van der Waals surface area contributed by atoms with E-state index in [0.29, 0.717) is 31.6 Å². The van der Waals surface area contributed by atoms with Gasteiger partial charge in [0.1, 0.15) is 0 Å². The fourth-order valence-corrected chi connectivity index (χ4v) is 2.26. The normalized spacial score (nSPS) is 24.4. The Morgan fingerprint density at radius 3 is 2.67 bits per heavy atom. The molecule has 18 heavy (non-hydrogen) atoms. The zero-order valence-corrected chi connectivity index (χ0v) is 9.83. The molecule has 0 amide bonds. The van der Waals surface area contributed by atoms with E-state index in [-0.39, 0.29) is 6.61 Å². The summed E-state index contributed by atoms with van der Waals surface area (Å²) < 4.78 is 43.0. The monoisotopic (exact) mass is 260 g/mol. The minimum Gasteiger partial charge on any atom is -0.396 e.